The van der Waals surface area contributed by atoms with Gasteiger partial charge < -0.3 is 24.8 Å². The summed E-state index contributed by atoms with van der Waals surface area (Å²) in [6, 6.07) is 5.31. The number of carboxylic acid groups (broad SMARTS) is 1. The van der Waals surface area contributed by atoms with Gasteiger partial charge in [0, 0.05) is 31.6 Å². The molecule has 2 heterocycles. The molecule has 7 nitrogen and oxygen atoms in total. The highest BCUT2D eigenvalue weighted by molar-refractivity contribution is 5.90. The molecule has 1 unspecified atom stereocenters. The highest BCUT2D eigenvalue weighted by Crippen LogP contribution is 2.26. The number of nitrogens with zero attached hydrogens (tertiary/aromatic N) is 1. The minimum atomic E-state index is -0.840. The molecule has 2 amide bonds. The summed E-state index contributed by atoms with van der Waals surface area (Å²) in [5, 5.41) is 12.0. The van der Waals surface area contributed by atoms with Gasteiger partial charge in [0.25, 0.3) is 0 Å². The van der Waals surface area contributed by atoms with Gasteiger partial charge in [-0.3, -0.25) is 4.79 Å². The molecule has 0 bridgehead atoms. The van der Waals surface area contributed by atoms with Crippen molar-refractivity contribution in [3.63, 3.8) is 0 Å². The summed E-state index contributed by atoms with van der Waals surface area (Å²) in [4.78, 5) is 25.1. The Balaban J connectivity index is 1.58. The van der Waals surface area contributed by atoms with Crippen molar-refractivity contribution in [2.75, 3.05) is 31.6 Å². The van der Waals surface area contributed by atoms with Crippen molar-refractivity contribution >= 4 is 17.7 Å². The van der Waals surface area contributed by atoms with E-state index in [0.717, 1.165) is 37.4 Å². The number of carbonyl (C=O) groups is 2. The van der Waals surface area contributed by atoms with Crippen LogP contribution in [0, 0.1) is 12.8 Å². The average Bonchev–Trinajstić information content (AvgIpc) is 2.65. The van der Waals surface area contributed by atoms with E-state index in [9.17, 15) is 9.59 Å². The smallest absolute Gasteiger partial charge is 0.321 e. The van der Waals surface area contributed by atoms with Gasteiger partial charge in [-0.2, -0.15) is 0 Å². The second-order valence-corrected chi connectivity index (χ2v) is 6.96. The molecule has 2 aliphatic heterocycles. The van der Waals surface area contributed by atoms with Gasteiger partial charge >= 0.3 is 12.0 Å². The van der Waals surface area contributed by atoms with Crippen molar-refractivity contribution in [1.82, 2.24) is 4.90 Å². The SMILES string of the molecule is Cc1cc(NC(=O)N2CCCC(C(=O)O)C2)ccc1OC1CCOCC1. The van der Waals surface area contributed by atoms with Crippen LogP contribution >= 0.6 is 0 Å². The van der Waals surface area contributed by atoms with Crippen LogP contribution in [0.1, 0.15) is 31.2 Å². The lowest BCUT2D eigenvalue weighted by Gasteiger charge is -2.30. The van der Waals surface area contributed by atoms with Crippen molar-refractivity contribution in [3.05, 3.63) is 23.8 Å². The third-order valence-corrected chi connectivity index (χ3v) is 4.95. The fourth-order valence-corrected chi connectivity index (χ4v) is 3.40. The van der Waals surface area contributed by atoms with Crippen LogP contribution in [0.4, 0.5) is 10.5 Å². The summed E-state index contributed by atoms with van der Waals surface area (Å²) in [6.07, 6.45) is 3.27. The average molecular weight is 362 g/mol. The van der Waals surface area contributed by atoms with Gasteiger partial charge in [-0.15, -0.1) is 0 Å². The summed E-state index contributed by atoms with van der Waals surface area (Å²) in [6.45, 7) is 4.24. The maximum atomic E-state index is 12.4. The molecule has 7 heteroatoms. The maximum absolute atomic E-state index is 12.4. The monoisotopic (exact) mass is 362 g/mol. The van der Waals surface area contributed by atoms with Crippen LogP contribution in [-0.2, 0) is 9.53 Å². The van der Waals surface area contributed by atoms with Crippen LogP contribution in [0.5, 0.6) is 5.75 Å². The fraction of sp³-hybridized carbons (Fsp3) is 0.579. The number of carboxylic acids is 1. The van der Waals surface area contributed by atoms with E-state index in [4.69, 9.17) is 14.6 Å². The molecule has 2 fully saturated rings. The lowest BCUT2D eigenvalue weighted by Crippen LogP contribution is -2.44. The molecule has 3 rings (SSSR count). The third kappa shape index (κ3) is 4.66. The quantitative estimate of drug-likeness (QED) is 0.860. The highest BCUT2D eigenvalue weighted by Gasteiger charge is 2.28. The Kier molecular flexibility index (Phi) is 5.98. The van der Waals surface area contributed by atoms with E-state index < -0.39 is 11.9 Å². The first kappa shape index (κ1) is 18.5. The minimum Gasteiger partial charge on any atom is -0.490 e. The zero-order valence-corrected chi connectivity index (χ0v) is 15.1. The zero-order chi connectivity index (χ0) is 18.5. The molecule has 2 saturated heterocycles. The molecule has 26 heavy (non-hydrogen) atoms. The van der Waals surface area contributed by atoms with Gasteiger partial charge in [0.15, 0.2) is 0 Å². The molecule has 0 spiro atoms. The number of ether oxygens (including phenoxy) is 2. The fourth-order valence-electron chi connectivity index (χ4n) is 3.40. The number of hydrogen-bond acceptors (Lipinski definition) is 4. The number of rotatable bonds is 4. The second-order valence-electron chi connectivity index (χ2n) is 6.96. The molecule has 1 aromatic rings. The van der Waals surface area contributed by atoms with Gasteiger partial charge in [0.1, 0.15) is 11.9 Å². The highest BCUT2D eigenvalue weighted by atomic mass is 16.5. The molecule has 1 atom stereocenters. The predicted octanol–water partition coefficient (Wildman–Crippen LogP) is 2.88. The van der Waals surface area contributed by atoms with Gasteiger partial charge in [-0.1, -0.05) is 0 Å². The van der Waals surface area contributed by atoms with E-state index in [-0.39, 0.29) is 18.7 Å². The van der Waals surface area contributed by atoms with Crippen molar-refractivity contribution in [3.8, 4) is 5.75 Å². The number of carbonyl (C=O) groups excluding carboxylic acids is 1. The number of benzene rings is 1. The van der Waals surface area contributed by atoms with Gasteiger partial charge in [0.2, 0.25) is 0 Å². The predicted molar refractivity (Wildman–Crippen MR) is 96.6 cm³/mol. The molecule has 0 aromatic heterocycles. The van der Waals surface area contributed by atoms with E-state index in [1.54, 1.807) is 4.90 Å². The number of nitrogens with one attached hydrogen (secondary N) is 1. The molecular formula is C19H26N2O5. The van der Waals surface area contributed by atoms with Gasteiger partial charge in [-0.25, -0.2) is 4.79 Å². The molecule has 142 valence electrons. The topological polar surface area (TPSA) is 88.1 Å². The summed E-state index contributed by atoms with van der Waals surface area (Å²) in [7, 11) is 0. The number of hydrogen-bond donors (Lipinski definition) is 2. The number of anilines is 1. The van der Waals surface area contributed by atoms with E-state index in [0.29, 0.717) is 25.1 Å². The second kappa shape index (κ2) is 8.40. The Hall–Kier alpha value is -2.28. The number of piperidine rings is 1. The van der Waals surface area contributed by atoms with Crippen LogP contribution < -0.4 is 10.1 Å². The van der Waals surface area contributed by atoms with Crippen molar-refractivity contribution in [2.45, 2.75) is 38.7 Å². The molecule has 0 aliphatic carbocycles. The Labute approximate surface area is 153 Å². The number of urea groups is 1. The van der Waals surface area contributed by atoms with Crippen molar-refractivity contribution in [2.24, 2.45) is 5.92 Å². The van der Waals surface area contributed by atoms with E-state index >= 15 is 0 Å². The number of aliphatic carboxylic acids is 1. The molecule has 0 radical (unpaired) electrons. The summed E-state index contributed by atoms with van der Waals surface area (Å²) in [5.74, 6) is -0.502. The van der Waals surface area contributed by atoms with Gasteiger partial charge in [0.05, 0.1) is 19.1 Å². The standard InChI is InChI=1S/C19H26N2O5/c1-13-11-15(4-5-17(13)26-16-6-9-25-10-7-16)20-19(24)21-8-2-3-14(12-21)18(22)23/h4-5,11,14,16H,2-3,6-10,12H2,1H3,(H,20,24)(H,22,23). The zero-order valence-electron chi connectivity index (χ0n) is 15.1. The summed E-state index contributed by atoms with van der Waals surface area (Å²) < 4.78 is 11.4. The first-order valence-electron chi connectivity index (χ1n) is 9.16. The molecule has 0 saturated carbocycles. The summed E-state index contributed by atoms with van der Waals surface area (Å²) >= 11 is 0. The van der Waals surface area contributed by atoms with Crippen LogP contribution in [0.15, 0.2) is 18.2 Å². The third-order valence-electron chi connectivity index (χ3n) is 4.95. The Morgan fingerprint density at radius 3 is 2.73 bits per heavy atom. The Morgan fingerprint density at radius 2 is 2.04 bits per heavy atom. The lowest BCUT2D eigenvalue weighted by molar-refractivity contribution is -0.143. The first-order valence-corrected chi connectivity index (χ1v) is 9.16. The van der Waals surface area contributed by atoms with Gasteiger partial charge in [-0.05, 0) is 43.5 Å². The minimum absolute atomic E-state index is 0.171. The molecule has 1 aromatic carbocycles. The molecule has 2 N–H and O–H groups in total. The van der Waals surface area contributed by atoms with Crippen LogP contribution in [0.3, 0.4) is 0 Å². The van der Waals surface area contributed by atoms with E-state index in [2.05, 4.69) is 5.32 Å². The van der Waals surface area contributed by atoms with Crippen molar-refractivity contribution < 1.29 is 24.2 Å². The first-order chi connectivity index (χ1) is 12.5. The van der Waals surface area contributed by atoms with E-state index in [1.807, 2.05) is 25.1 Å². The lowest BCUT2D eigenvalue weighted by atomic mass is 9.99. The maximum Gasteiger partial charge on any atom is 0.321 e. The van der Waals surface area contributed by atoms with E-state index in [1.165, 1.54) is 0 Å². The Morgan fingerprint density at radius 1 is 1.27 bits per heavy atom. The molecular weight excluding hydrogens is 336 g/mol. The number of aryl methyl sites for hydroxylation is 1. The van der Waals surface area contributed by atoms with Crippen LogP contribution in [0.2, 0.25) is 0 Å². The van der Waals surface area contributed by atoms with Crippen LogP contribution in [0.25, 0.3) is 0 Å². The molecule has 2 aliphatic rings. The number of amides is 2. The Bertz CT molecular complexity index is 657. The largest absolute Gasteiger partial charge is 0.490 e. The number of likely N-dealkylation sites (tertiary alicyclic amines) is 1. The normalized spacial score (nSPS) is 21.3. The van der Waals surface area contributed by atoms with Crippen molar-refractivity contribution in [1.29, 1.82) is 0 Å². The van der Waals surface area contributed by atoms with Crippen LogP contribution in [-0.4, -0.2) is 54.4 Å². The summed E-state index contributed by atoms with van der Waals surface area (Å²) in [5.41, 5.74) is 1.64.